The normalized spacial score (nSPS) is 22.7. The standard InChI is InChI=1S/C15H21N3O2S/c1-2-18-14-6-4-3-5-13(14)17-15(18)9-12(16)11-7-8-21(19,20)10-11/h3-6,11-12H,2,7-10,16H2,1H3. The van der Waals surface area contributed by atoms with Gasteiger partial charge in [0.05, 0.1) is 22.5 Å². The summed E-state index contributed by atoms with van der Waals surface area (Å²) in [5.41, 5.74) is 8.34. The van der Waals surface area contributed by atoms with E-state index in [-0.39, 0.29) is 23.5 Å². The van der Waals surface area contributed by atoms with E-state index in [4.69, 9.17) is 5.73 Å². The second-order valence-corrected chi connectivity index (χ2v) is 8.02. The zero-order chi connectivity index (χ0) is 15.0. The summed E-state index contributed by atoms with van der Waals surface area (Å²) in [7, 11) is -2.88. The van der Waals surface area contributed by atoms with E-state index in [0.29, 0.717) is 12.8 Å². The van der Waals surface area contributed by atoms with Crippen molar-refractivity contribution in [2.24, 2.45) is 11.7 Å². The number of hydrogen-bond donors (Lipinski definition) is 1. The molecule has 0 saturated carbocycles. The van der Waals surface area contributed by atoms with Crippen molar-refractivity contribution in [2.45, 2.75) is 32.4 Å². The Morgan fingerprint density at radius 1 is 1.43 bits per heavy atom. The highest BCUT2D eigenvalue weighted by Crippen LogP contribution is 2.24. The van der Waals surface area contributed by atoms with E-state index in [9.17, 15) is 8.42 Å². The molecule has 0 spiro atoms. The first-order chi connectivity index (χ1) is 10.00. The molecule has 0 radical (unpaired) electrons. The molecule has 2 heterocycles. The SMILES string of the molecule is CCn1c(CC(N)C2CCS(=O)(=O)C2)nc2ccccc21. The molecular formula is C15H21N3O2S. The molecule has 6 heteroatoms. The molecule has 1 aliphatic heterocycles. The molecular weight excluding hydrogens is 286 g/mol. The van der Waals surface area contributed by atoms with Gasteiger partial charge in [0.2, 0.25) is 0 Å². The van der Waals surface area contributed by atoms with Crippen molar-refractivity contribution in [3.05, 3.63) is 30.1 Å². The van der Waals surface area contributed by atoms with Gasteiger partial charge in [-0.05, 0) is 31.4 Å². The highest BCUT2D eigenvalue weighted by Gasteiger charge is 2.32. The predicted octanol–water partition coefficient (Wildman–Crippen LogP) is 1.36. The van der Waals surface area contributed by atoms with Gasteiger partial charge in [0.1, 0.15) is 5.82 Å². The Hall–Kier alpha value is -1.40. The van der Waals surface area contributed by atoms with Gasteiger partial charge in [-0.15, -0.1) is 0 Å². The van der Waals surface area contributed by atoms with Crippen LogP contribution in [0.3, 0.4) is 0 Å². The summed E-state index contributed by atoms with van der Waals surface area (Å²) in [6.45, 7) is 2.93. The molecule has 5 nitrogen and oxygen atoms in total. The fourth-order valence-corrected chi connectivity index (χ4v) is 5.07. The van der Waals surface area contributed by atoms with Gasteiger partial charge in [-0.2, -0.15) is 0 Å². The minimum atomic E-state index is -2.88. The number of fused-ring (bicyclic) bond motifs is 1. The zero-order valence-electron chi connectivity index (χ0n) is 12.2. The lowest BCUT2D eigenvalue weighted by molar-refractivity contribution is 0.448. The van der Waals surface area contributed by atoms with Crippen molar-refractivity contribution >= 4 is 20.9 Å². The van der Waals surface area contributed by atoms with E-state index in [2.05, 4.69) is 22.5 Å². The Bertz CT molecular complexity index is 751. The van der Waals surface area contributed by atoms with Crippen LogP contribution in [0.4, 0.5) is 0 Å². The van der Waals surface area contributed by atoms with Crippen LogP contribution in [0.5, 0.6) is 0 Å². The number of para-hydroxylation sites is 2. The third kappa shape index (κ3) is 2.82. The van der Waals surface area contributed by atoms with Gasteiger partial charge in [-0.1, -0.05) is 12.1 Å². The monoisotopic (exact) mass is 307 g/mol. The van der Waals surface area contributed by atoms with Crippen molar-refractivity contribution in [1.29, 1.82) is 0 Å². The zero-order valence-corrected chi connectivity index (χ0v) is 13.0. The first-order valence-corrected chi connectivity index (χ1v) is 9.22. The third-order valence-corrected chi connectivity index (χ3v) is 6.13. The van der Waals surface area contributed by atoms with E-state index in [1.54, 1.807) is 0 Å². The van der Waals surface area contributed by atoms with Crippen molar-refractivity contribution in [2.75, 3.05) is 11.5 Å². The molecule has 1 saturated heterocycles. The number of nitrogens with two attached hydrogens (primary N) is 1. The minimum absolute atomic E-state index is 0.0557. The van der Waals surface area contributed by atoms with E-state index in [0.717, 1.165) is 23.4 Å². The maximum Gasteiger partial charge on any atom is 0.150 e. The quantitative estimate of drug-likeness (QED) is 0.925. The van der Waals surface area contributed by atoms with Crippen LogP contribution in [0, 0.1) is 5.92 Å². The molecule has 0 amide bonds. The van der Waals surface area contributed by atoms with Crippen LogP contribution in [0.1, 0.15) is 19.2 Å². The number of imidazole rings is 1. The minimum Gasteiger partial charge on any atom is -0.328 e. The second-order valence-electron chi connectivity index (χ2n) is 5.79. The van der Waals surface area contributed by atoms with Crippen LogP contribution in [0.25, 0.3) is 11.0 Å². The first kappa shape index (κ1) is 14.5. The summed E-state index contributed by atoms with van der Waals surface area (Å²) >= 11 is 0. The van der Waals surface area contributed by atoms with Crippen LogP contribution in [0.2, 0.25) is 0 Å². The van der Waals surface area contributed by atoms with Crippen molar-refractivity contribution in [3.8, 4) is 0 Å². The molecule has 114 valence electrons. The number of benzene rings is 1. The third-order valence-electron chi connectivity index (χ3n) is 4.34. The molecule has 21 heavy (non-hydrogen) atoms. The van der Waals surface area contributed by atoms with Crippen molar-refractivity contribution in [1.82, 2.24) is 9.55 Å². The fraction of sp³-hybridized carbons (Fsp3) is 0.533. The van der Waals surface area contributed by atoms with Gasteiger partial charge in [0, 0.05) is 19.0 Å². The fourth-order valence-electron chi connectivity index (χ4n) is 3.17. The van der Waals surface area contributed by atoms with Gasteiger partial charge in [-0.3, -0.25) is 0 Å². The molecule has 2 N–H and O–H groups in total. The number of hydrogen-bond acceptors (Lipinski definition) is 4. The van der Waals surface area contributed by atoms with Crippen LogP contribution >= 0.6 is 0 Å². The van der Waals surface area contributed by atoms with Crippen molar-refractivity contribution < 1.29 is 8.42 Å². The summed E-state index contributed by atoms with van der Waals surface area (Å²) in [6.07, 6.45) is 1.30. The maximum absolute atomic E-state index is 11.6. The molecule has 3 rings (SSSR count). The highest BCUT2D eigenvalue weighted by atomic mass is 32.2. The summed E-state index contributed by atoms with van der Waals surface area (Å²) < 4.78 is 25.3. The lowest BCUT2D eigenvalue weighted by Gasteiger charge is -2.18. The molecule has 0 aliphatic carbocycles. The predicted molar refractivity (Wildman–Crippen MR) is 83.8 cm³/mol. The van der Waals surface area contributed by atoms with E-state index >= 15 is 0 Å². The Kier molecular flexibility index (Phi) is 3.75. The topological polar surface area (TPSA) is 78.0 Å². The van der Waals surface area contributed by atoms with Crippen LogP contribution < -0.4 is 5.73 Å². The smallest absolute Gasteiger partial charge is 0.150 e. The van der Waals surface area contributed by atoms with Crippen LogP contribution in [-0.2, 0) is 22.8 Å². The first-order valence-electron chi connectivity index (χ1n) is 7.40. The molecule has 1 aliphatic rings. The summed E-state index contributed by atoms with van der Waals surface area (Å²) in [6, 6.07) is 7.88. The van der Waals surface area contributed by atoms with E-state index in [1.807, 2.05) is 18.2 Å². The summed E-state index contributed by atoms with van der Waals surface area (Å²) in [5, 5.41) is 0. The lowest BCUT2D eigenvalue weighted by Crippen LogP contribution is -2.34. The number of sulfone groups is 1. The Morgan fingerprint density at radius 2 is 2.19 bits per heavy atom. The second kappa shape index (κ2) is 5.42. The van der Waals surface area contributed by atoms with Gasteiger partial charge < -0.3 is 10.3 Å². The Labute approximate surface area is 125 Å². The number of aromatic nitrogens is 2. The molecule has 1 aromatic heterocycles. The van der Waals surface area contributed by atoms with Crippen LogP contribution in [-0.4, -0.2) is 35.5 Å². The molecule has 1 fully saturated rings. The average Bonchev–Trinajstić information content (AvgIpc) is 2.98. The van der Waals surface area contributed by atoms with Crippen molar-refractivity contribution in [3.63, 3.8) is 0 Å². The van der Waals surface area contributed by atoms with E-state index < -0.39 is 9.84 Å². The summed E-state index contributed by atoms with van der Waals surface area (Å²) in [5.74, 6) is 1.51. The molecule has 2 atom stereocenters. The van der Waals surface area contributed by atoms with Gasteiger partial charge in [-0.25, -0.2) is 13.4 Å². The average molecular weight is 307 g/mol. The van der Waals surface area contributed by atoms with Gasteiger partial charge >= 0.3 is 0 Å². The van der Waals surface area contributed by atoms with Gasteiger partial charge in [0.25, 0.3) is 0 Å². The maximum atomic E-state index is 11.6. The van der Waals surface area contributed by atoms with Crippen LogP contribution in [0.15, 0.2) is 24.3 Å². The highest BCUT2D eigenvalue weighted by molar-refractivity contribution is 7.91. The number of rotatable bonds is 4. The summed E-state index contributed by atoms with van der Waals surface area (Å²) in [4.78, 5) is 4.66. The van der Waals surface area contributed by atoms with Gasteiger partial charge in [0.15, 0.2) is 9.84 Å². The largest absolute Gasteiger partial charge is 0.328 e. The Balaban J connectivity index is 1.84. The lowest BCUT2D eigenvalue weighted by atomic mass is 9.97. The van der Waals surface area contributed by atoms with E-state index in [1.165, 1.54) is 0 Å². The number of nitrogens with zero attached hydrogens (tertiary/aromatic N) is 2. The number of aryl methyl sites for hydroxylation is 1. The molecule has 1 aromatic carbocycles. The molecule has 2 aromatic rings. The molecule has 2 unspecified atom stereocenters. The Morgan fingerprint density at radius 3 is 2.86 bits per heavy atom. The molecule has 0 bridgehead atoms.